The van der Waals surface area contributed by atoms with Crippen molar-refractivity contribution in [1.82, 2.24) is 10.3 Å². The summed E-state index contributed by atoms with van der Waals surface area (Å²) in [5, 5.41) is 4.45. The van der Waals surface area contributed by atoms with Gasteiger partial charge in [-0.2, -0.15) is 0 Å². The van der Waals surface area contributed by atoms with E-state index in [1.807, 2.05) is 30.5 Å². The molecule has 1 atom stereocenters. The van der Waals surface area contributed by atoms with Crippen molar-refractivity contribution in [2.24, 2.45) is 5.92 Å². The Labute approximate surface area is 101 Å². The highest BCUT2D eigenvalue weighted by atomic mass is 16.5. The Bertz CT molecular complexity index is 501. The number of aromatic nitrogens is 1. The topological polar surface area (TPSA) is 34.1 Å². The fraction of sp³-hybridized carbons (Fsp3) is 0.357. The maximum absolute atomic E-state index is 5.92. The lowest BCUT2D eigenvalue weighted by Crippen LogP contribution is -2.15. The summed E-state index contributed by atoms with van der Waals surface area (Å²) in [4.78, 5) is 4.33. The van der Waals surface area contributed by atoms with Crippen LogP contribution in [0.3, 0.4) is 0 Å². The van der Waals surface area contributed by atoms with Crippen molar-refractivity contribution in [3.8, 4) is 5.75 Å². The first-order valence-corrected chi connectivity index (χ1v) is 6.11. The van der Waals surface area contributed by atoms with Gasteiger partial charge in [0.15, 0.2) is 0 Å². The van der Waals surface area contributed by atoms with Crippen molar-refractivity contribution in [3.63, 3.8) is 0 Å². The molecule has 0 bridgehead atoms. The quantitative estimate of drug-likeness (QED) is 0.874. The summed E-state index contributed by atoms with van der Waals surface area (Å²) >= 11 is 0. The number of pyridine rings is 1. The SMILES string of the molecule is c1cc(OCC2CCNC2)c2cccnc2c1. The van der Waals surface area contributed by atoms with Crippen LogP contribution >= 0.6 is 0 Å². The summed E-state index contributed by atoms with van der Waals surface area (Å²) in [7, 11) is 0. The van der Waals surface area contributed by atoms with Crippen molar-refractivity contribution in [3.05, 3.63) is 36.5 Å². The first-order chi connectivity index (χ1) is 8.43. The number of hydrogen-bond donors (Lipinski definition) is 1. The molecule has 0 aliphatic carbocycles. The van der Waals surface area contributed by atoms with Crippen LogP contribution in [0, 0.1) is 5.92 Å². The zero-order valence-electron chi connectivity index (χ0n) is 9.73. The second-order valence-electron chi connectivity index (χ2n) is 4.50. The van der Waals surface area contributed by atoms with Gasteiger partial charge in [-0.15, -0.1) is 0 Å². The van der Waals surface area contributed by atoms with E-state index in [0.717, 1.165) is 36.3 Å². The number of nitrogens with one attached hydrogen (secondary N) is 1. The lowest BCUT2D eigenvalue weighted by atomic mass is 10.1. The lowest BCUT2D eigenvalue weighted by molar-refractivity contribution is 0.263. The van der Waals surface area contributed by atoms with Gasteiger partial charge in [-0.25, -0.2) is 0 Å². The molecule has 3 heteroatoms. The molecular weight excluding hydrogens is 212 g/mol. The lowest BCUT2D eigenvalue weighted by Gasteiger charge is -2.12. The van der Waals surface area contributed by atoms with Crippen LogP contribution < -0.4 is 10.1 Å². The molecule has 17 heavy (non-hydrogen) atoms. The minimum Gasteiger partial charge on any atom is -0.493 e. The molecule has 1 N–H and O–H groups in total. The van der Waals surface area contributed by atoms with Gasteiger partial charge in [0.05, 0.1) is 12.1 Å². The van der Waals surface area contributed by atoms with Crippen molar-refractivity contribution < 1.29 is 4.74 Å². The molecule has 1 aliphatic rings. The normalized spacial score (nSPS) is 19.6. The molecule has 0 spiro atoms. The molecule has 0 amide bonds. The van der Waals surface area contributed by atoms with Gasteiger partial charge in [0.25, 0.3) is 0 Å². The van der Waals surface area contributed by atoms with Gasteiger partial charge in [-0.3, -0.25) is 4.98 Å². The Morgan fingerprint density at radius 2 is 2.29 bits per heavy atom. The number of rotatable bonds is 3. The van der Waals surface area contributed by atoms with E-state index >= 15 is 0 Å². The first-order valence-electron chi connectivity index (χ1n) is 6.11. The molecule has 88 valence electrons. The van der Waals surface area contributed by atoms with Crippen LogP contribution in [0.2, 0.25) is 0 Å². The third-order valence-corrected chi connectivity index (χ3v) is 3.24. The van der Waals surface area contributed by atoms with Crippen molar-refractivity contribution in [2.75, 3.05) is 19.7 Å². The van der Waals surface area contributed by atoms with Crippen LogP contribution in [-0.2, 0) is 0 Å². The predicted molar refractivity (Wildman–Crippen MR) is 68.2 cm³/mol. The summed E-state index contributed by atoms with van der Waals surface area (Å²) in [6.45, 7) is 2.98. The fourth-order valence-electron chi connectivity index (χ4n) is 2.27. The average Bonchev–Trinajstić information content (AvgIpc) is 2.89. The molecule has 1 fully saturated rings. The Balaban J connectivity index is 1.79. The van der Waals surface area contributed by atoms with E-state index in [4.69, 9.17) is 4.74 Å². The average molecular weight is 228 g/mol. The molecule has 1 saturated heterocycles. The van der Waals surface area contributed by atoms with Crippen LogP contribution in [0.25, 0.3) is 10.9 Å². The third-order valence-electron chi connectivity index (χ3n) is 3.24. The fourth-order valence-corrected chi connectivity index (χ4v) is 2.27. The van der Waals surface area contributed by atoms with E-state index in [2.05, 4.69) is 16.4 Å². The minimum absolute atomic E-state index is 0.641. The zero-order chi connectivity index (χ0) is 11.5. The van der Waals surface area contributed by atoms with Crippen molar-refractivity contribution >= 4 is 10.9 Å². The third kappa shape index (κ3) is 2.24. The van der Waals surface area contributed by atoms with Crippen molar-refractivity contribution in [2.45, 2.75) is 6.42 Å². The molecule has 1 aromatic carbocycles. The molecule has 2 aromatic rings. The highest BCUT2D eigenvalue weighted by molar-refractivity contribution is 5.84. The summed E-state index contributed by atoms with van der Waals surface area (Å²) in [6.07, 6.45) is 3.02. The second kappa shape index (κ2) is 4.72. The highest BCUT2D eigenvalue weighted by Crippen LogP contribution is 2.24. The van der Waals surface area contributed by atoms with E-state index in [1.54, 1.807) is 0 Å². The molecule has 1 aromatic heterocycles. The Morgan fingerprint density at radius 3 is 3.18 bits per heavy atom. The van der Waals surface area contributed by atoms with Gasteiger partial charge in [-0.1, -0.05) is 6.07 Å². The van der Waals surface area contributed by atoms with Crippen molar-refractivity contribution in [1.29, 1.82) is 0 Å². The van der Waals surface area contributed by atoms with Gasteiger partial charge in [0.1, 0.15) is 5.75 Å². The summed E-state index contributed by atoms with van der Waals surface area (Å²) in [5.41, 5.74) is 0.995. The largest absolute Gasteiger partial charge is 0.493 e. The van der Waals surface area contributed by atoms with E-state index in [-0.39, 0.29) is 0 Å². The second-order valence-corrected chi connectivity index (χ2v) is 4.50. The Morgan fingerprint density at radius 1 is 1.29 bits per heavy atom. The number of fused-ring (bicyclic) bond motifs is 1. The Hall–Kier alpha value is -1.61. The minimum atomic E-state index is 0.641. The van der Waals surface area contributed by atoms with Gasteiger partial charge in [-0.05, 0) is 37.2 Å². The molecule has 3 rings (SSSR count). The molecule has 1 unspecified atom stereocenters. The van der Waals surface area contributed by atoms with Crippen LogP contribution in [0.5, 0.6) is 5.75 Å². The smallest absolute Gasteiger partial charge is 0.128 e. The number of benzene rings is 1. The summed E-state index contributed by atoms with van der Waals surface area (Å²) in [6, 6.07) is 10.0. The van der Waals surface area contributed by atoms with Gasteiger partial charge >= 0.3 is 0 Å². The van der Waals surface area contributed by atoms with Gasteiger partial charge in [0.2, 0.25) is 0 Å². The molecule has 2 heterocycles. The zero-order valence-corrected chi connectivity index (χ0v) is 9.73. The van der Waals surface area contributed by atoms with Crippen LogP contribution in [0.4, 0.5) is 0 Å². The number of ether oxygens (including phenoxy) is 1. The monoisotopic (exact) mass is 228 g/mol. The molecule has 0 saturated carbocycles. The van der Waals surface area contributed by atoms with Crippen LogP contribution in [0.15, 0.2) is 36.5 Å². The maximum atomic E-state index is 5.92. The van der Waals surface area contributed by atoms with E-state index < -0.39 is 0 Å². The van der Waals surface area contributed by atoms with Crippen LogP contribution in [-0.4, -0.2) is 24.7 Å². The van der Waals surface area contributed by atoms with E-state index in [0.29, 0.717) is 5.92 Å². The molecule has 0 radical (unpaired) electrons. The number of nitrogens with zero attached hydrogens (tertiary/aromatic N) is 1. The summed E-state index contributed by atoms with van der Waals surface area (Å²) in [5.74, 6) is 1.59. The molecule has 1 aliphatic heterocycles. The molecule has 3 nitrogen and oxygen atoms in total. The van der Waals surface area contributed by atoms with Gasteiger partial charge in [0, 0.05) is 24.0 Å². The first kappa shape index (κ1) is 10.5. The Kier molecular flexibility index (Phi) is 2.92. The maximum Gasteiger partial charge on any atom is 0.128 e. The van der Waals surface area contributed by atoms with Crippen LogP contribution in [0.1, 0.15) is 6.42 Å². The standard InChI is InChI=1S/C14H16N2O/c1-4-13-12(3-2-7-16-13)14(5-1)17-10-11-6-8-15-9-11/h1-5,7,11,15H,6,8-10H2. The number of hydrogen-bond acceptors (Lipinski definition) is 3. The van der Waals surface area contributed by atoms with Gasteiger partial charge < -0.3 is 10.1 Å². The highest BCUT2D eigenvalue weighted by Gasteiger charge is 2.15. The summed E-state index contributed by atoms with van der Waals surface area (Å²) < 4.78 is 5.92. The molecular formula is C14H16N2O. The van der Waals surface area contributed by atoms with E-state index in [9.17, 15) is 0 Å². The van der Waals surface area contributed by atoms with E-state index in [1.165, 1.54) is 6.42 Å². The predicted octanol–water partition coefficient (Wildman–Crippen LogP) is 2.22.